The Kier molecular flexibility index (Phi) is 4.82. The van der Waals surface area contributed by atoms with Crippen molar-refractivity contribution in [3.63, 3.8) is 0 Å². The zero-order valence-electron chi connectivity index (χ0n) is 11.5. The first-order chi connectivity index (χ1) is 9.60. The van der Waals surface area contributed by atoms with Gasteiger partial charge in [0.2, 0.25) is 5.91 Å². The first kappa shape index (κ1) is 14.6. The third kappa shape index (κ3) is 4.11. The second kappa shape index (κ2) is 6.59. The van der Waals surface area contributed by atoms with E-state index in [0.29, 0.717) is 12.3 Å². The number of hydrogen-bond acceptors (Lipinski definition) is 4. The maximum absolute atomic E-state index is 12.0. The molecule has 20 heavy (non-hydrogen) atoms. The third-order valence-corrected chi connectivity index (χ3v) is 4.01. The molecule has 1 aromatic heterocycles. The molecule has 1 aromatic rings. The first-order valence-electron chi connectivity index (χ1n) is 7.09. The van der Waals surface area contributed by atoms with Crippen LogP contribution in [0.5, 0.6) is 0 Å². The van der Waals surface area contributed by atoms with E-state index in [0.717, 1.165) is 32.1 Å². The lowest BCUT2D eigenvalue weighted by Crippen LogP contribution is -2.38. The molecule has 0 bridgehead atoms. The average molecular weight is 278 g/mol. The normalized spacial score (nSPS) is 17.6. The van der Waals surface area contributed by atoms with Gasteiger partial charge in [0.25, 0.3) is 0 Å². The van der Waals surface area contributed by atoms with Crippen molar-refractivity contribution in [3.8, 4) is 0 Å². The van der Waals surface area contributed by atoms with Gasteiger partial charge in [-0.05, 0) is 36.8 Å². The van der Waals surface area contributed by atoms with Gasteiger partial charge in [0.15, 0.2) is 0 Å². The minimum Gasteiger partial charge on any atom is -0.550 e. The Balaban J connectivity index is 1.89. The molecule has 1 aliphatic rings. The molecule has 0 aliphatic heterocycles. The summed E-state index contributed by atoms with van der Waals surface area (Å²) in [5, 5.41) is 13.7. The molecule has 1 heterocycles. The summed E-state index contributed by atoms with van der Waals surface area (Å²) in [5.41, 5.74) is -0.426. The number of nitrogens with one attached hydrogen (secondary N) is 1. The molecule has 1 saturated carbocycles. The maximum Gasteiger partial charge on any atom is 0.220 e. The fraction of sp³-hybridized carbons (Fsp3) is 0.600. The van der Waals surface area contributed by atoms with Gasteiger partial charge in [-0.25, -0.2) is 0 Å². The smallest absolute Gasteiger partial charge is 0.220 e. The molecule has 1 aliphatic carbocycles. The molecule has 110 valence electrons. The molecule has 5 nitrogen and oxygen atoms in total. The lowest BCUT2D eigenvalue weighted by Gasteiger charge is -2.37. The SMILES string of the molecule is O=C([O-])CC1(CC(=O)NCc2ccco2)CCCCC1. The van der Waals surface area contributed by atoms with Gasteiger partial charge in [0.05, 0.1) is 12.8 Å². The number of carbonyl (C=O) groups is 2. The van der Waals surface area contributed by atoms with E-state index in [-0.39, 0.29) is 18.7 Å². The quantitative estimate of drug-likeness (QED) is 0.852. The van der Waals surface area contributed by atoms with Crippen LogP contribution in [-0.4, -0.2) is 11.9 Å². The summed E-state index contributed by atoms with van der Waals surface area (Å²) in [5.74, 6) is -0.494. The molecule has 1 fully saturated rings. The molecule has 0 radical (unpaired) electrons. The highest BCUT2D eigenvalue weighted by molar-refractivity contribution is 5.77. The Morgan fingerprint density at radius 2 is 2.00 bits per heavy atom. The van der Waals surface area contributed by atoms with Crippen LogP contribution < -0.4 is 10.4 Å². The minimum atomic E-state index is -1.06. The van der Waals surface area contributed by atoms with Crippen molar-refractivity contribution in [2.24, 2.45) is 5.41 Å². The van der Waals surface area contributed by atoms with Crippen LogP contribution in [0.4, 0.5) is 0 Å². The highest BCUT2D eigenvalue weighted by Crippen LogP contribution is 2.42. The summed E-state index contributed by atoms with van der Waals surface area (Å²) in [6.45, 7) is 0.341. The van der Waals surface area contributed by atoms with Crippen LogP contribution >= 0.6 is 0 Å². The van der Waals surface area contributed by atoms with Gasteiger partial charge in [-0.2, -0.15) is 0 Å². The number of amides is 1. The minimum absolute atomic E-state index is 0.0266. The van der Waals surface area contributed by atoms with Crippen LogP contribution in [0.1, 0.15) is 50.7 Å². The predicted molar refractivity (Wildman–Crippen MR) is 70.3 cm³/mol. The van der Waals surface area contributed by atoms with Crippen molar-refractivity contribution < 1.29 is 19.1 Å². The van der Waals surface area contributed by atoms with Crippen LogP contribution in [0.2, 0.25) is 0 Å². The van der Waals surface area contributed by atoms with Crippen molar-refractivity contribution in [1.29, 1.82) is 0 Å². The van der Waals surface area contributed by atoms with Gasteiger partial charge in [0.1, 0.15) is 5.76 Å². The third-order valence-electron chi connectivity index (χ3n) is 4.01. The summed E-state index contributed by atoms with van der Waals surface area (Å²) in [7, 11) is 0. The van der Waals surface area contributed by atoms with Crippen LogP contribution in [-0.2, 0) is 16.1 Å². The summed E-state index contributed by atoms with van der Waals surface area (Å²) >= 11 is 0. The number of rotatable bonds is 6. The molecule has 0 aromatic carbocycles. The monoisotopic (exact) mass is 278 g/mol. The molecule has 0 atom stereocenters. The van der Waals surface area contributed by atoms with Gasteiger partial charge in [-0.1, -0.05) is 19.3 Å². The zero-order valence-corrected chi connectivity index (χ0v) is 11.5. The van der Waals surface area contributed by atoms with E-state index in [2.05, 4.69) is 5.32 Å². The van der Waals surface area contributed by atoms with E-state index in [1.54, 1.807) is 18.4 Å². The average Bonchev–Trinajstić information content (AvgIpc) is 2.89. The van der Waals surface area contributed by atoms with Crippen molar-refractivity contribution in [2.75, 3.05) is 0 Å². The molecule has 1 amide bonds. The highest BCUT2D eigenvalue weighted by atomic mass is 16.4. The first-order valence-corrected chi connectivity index (χ1v) is 7.09. The van der Waals surface area contributed by atoms with E-state index < -0.39 is 11.4 Å². The summed E-state index contributed by atoms with van der Waals surface area (Å²) in [6, 6.07) is 3.55. The molecule has 0 spiro atoms. The van der Waals surface area contributed by atoms with Crippen molar-refractivity contribution in [2.45, 2.75) is 51.5 Å². The number of carboxylic acids is 1. The van der Waals surface area contributed by atoms with Crippen LogP contribution in [0, 0.1) is 5.41 Å². The van der Waals surface area contributed by atoms with E-state index in [4.69, 9.17) is 4.42 Å². The second-order valence-electron chi connectivity index (χ2n) is 5.64. The number of furan rings is 1. The summed E-state index contributed by atoms with van der Waals surface area (Å²) in [6.07, 6.45) is 6.44. The predicted octanol–water partition coefficient (Wildman–Crippen LogP) is 1.38. The van der Waals surface area contributed by atoms with E-state index >= 15 is 0 Å². The Bertz CT molecular complexity index is 446. The van der Waals surface area contributed by atoms with E-state index in [9.17, 15) is 14.7 Å². The number of aliphatic carboxylic acids is 1. The second-order valence-corrected chi connectivity index (χ2v) is 5.64. The van der Waals surface area contributed by atoms with E-state index in [1.165, 1.54) is 0 Å². The van der Waals surface area contributed by atoms with Crippen molar-refractivity contribution in [1.82, 2.24) is 5.32 Å². The number of carboxylic acid groups (broad SMARTS) is 1. The van der Waals surface area contributed by atoms with Gasteiger partial charge >= 0.3 is 0 Å². The van der Waals surface area contributed by atoms with E-state index in [1.807, 2.05) is 0 Å². The topological polar surface area (TPSA) is 82.4 Å². The maximum atomic E-state index is 12.0. The molecule has 1 N–H and O–H groups in total. The fourth-order valence-corrected chi connectivity index (χ4v) is 3.03. The molecular formula is C15H20NO4-. The van der Waals surface area contributed by atoms with Crippen LogP contribution in [0.3, 0.4) is 0 Å². The number of hydrogen-bond donors (Lipinski definition) is 1. The van der Waals surface area contributed by atoms with Gasteiger partial charge in [-0.3, -0.25) is 4.79 Å². The summed E-state index contributed by atoms with van der Waals surface area (Å²) in [4.78, 5) is 23.0. The Labute approximate surface area is 118 Å². The molecule has 5 heteroatoms. The summed E-state index contributed by atoms with van der Waals surface area (Å²) < 4.78 is 5.14. The molecule has 0 unspecified atom stereocenters. The lowest BCUT2D eigenvalue weighted by atomic mass is 9.69. The van der Waals surface area contributed by atoms with Gasteiger partial charge in [0, 0.05) is 12.4 Å². The molecular weight excluding hydrogens is 258 g/mol. The zero-order chi connectivity index (χ0) is 14.4. The highest BCUT2D eigenvalue weighted by Gasteiger charge is 2.34. The Hall–Kier alpha value is -1.78. The van der Waals surface area contributed by atoms with Crippen LogP contribution in [0.25, 0.3) is 0 Å². The van der Waals surface area contributed by atoms with Gasteiger partial charge < -0.3 is 19.6 Å². The van der Waals surface area contributed by atoms with Crippen LogP contribution in [0.15, 0.2) is 22.8 Å². The van der Waals surface area contributed by atoms with Crippen molar-refractivity contribution >= 4 is 11.9 Å². The van der Waals surface area contributed by atoms with Crippen molar-refractivity contribution in [3.05, 3.63) is 24.2 Å². The van der Waals surface area contributed by atoms with Gasteiger partial charge in [-0.15, -0.1) is 0 Å². The molecule has 0 saturated heterocycles. The fourth-order valence-electron chi connectivity index (χ4n) is 3.03. The Morgan fingerprint density at radius 1 is 1.25 bits per heavy atom. The Morgan fingerprint density at radius 3 is 2.60 bits per heavy atom. The number of carbonyl (C=O) groups excluding carboxylic acids is 2. The standard InChI is InChI=1S/C15H21NO4/c17-13(16-11-12-5-4-8-20-12)9-15(10-14(18)19)6-2-1-3-7-15/h4-5,8H,1-3,6-7,9-11H2,(H,16,17)(H,18,19)/p-1. The lowest BCUT2D eigenvalue weighted by molar-refractivity contribution is -0.308. The largest absolute Gasteiger partial charge is 0.550 e. The molecule has 2 rings (SSSR count).